The highest BCUT2D eigenvalue weighted by atomic mass is 16.3. The van der Waals surface area contributed by atoms with E-state index in [0.717, 1.165) is 5.76 Å². The SMILES string of the molecule is C=CCNC(=NC)NCC(=O)NCc1ccco1. The second-order valence-electron chi connectivity index (χ2n) is 3.45. The van der Waals surface area contributed by atoms with Crippen LogP contribution in [0.15, 0.2) is 40.5 Å². The number of nitrogens with zero attached hydrogens (tertiary/aromatic N) is 1. The van der Waals surface area contributed by atoms with Gasteiger partial charge in [0.15, 0.2) is 5.96 Å². The summed E-state index contributed by atoms with van der Waals surface area (Å²) in [6, 6.07) is 3.58. The molecule has 0 spiro atoms. The molecule has 0 aliphatic rings. The minimum Gasteiger partial charge on any atom is -0.467 e. The molecule has 0 aromatic carbocycles. The molecule has 0 aliphatic carbocycles. The maximum absolute atomic E-state index is 11.5. The zero-order chi connectivity index (χ0) is 13.2. The Morgan fingerprint density at radius 2 is 2.33 bits per heavy atom. The number of aliphatic imine (C=N–C) groups is 1. The lowest BCUT2D eigenvalue weighted by Gasteiger charge is -2.10. The zero-order valence-electron chi connectivity index (χ0n) is 10.4. The number of carbonyl (C=O) groups is 1. The van der Waals surface area contributed by atoms with Gasteiger partial charge in [-0.15, -0.1) is 6.58 Å². The Morgan fingerprint density at radius 3 is 2.94 bits per heavy atom. The summed E-state index contributed by atoms with van der Waals surface area (Å²) in [5.41, 5.74) is 0. The number of hydrogen-bond acceptors (Lipinski definition) is 3. The minimum absolute atomic E-state index is 0.132. The lowest BCUT2D eigenvalue weighted by atomic mass is 10.4. The molecule has 18 heavy (non-hydrogen) atoms. The van der Waals surface area contributed by atoms with E-state index in [1.54, 1.807) is 31.5 Å². The maximum atomic E-state index is 11.5. The third kappa shape index (κ3) is 5.20. The average Bonchev–Trinajstić information content (AvgIpc) is 2.89. The summed E-state index contributed by atoms with van der Waals surface area (Å²) in [5.74, 6) is 1.15. The molecule has 1 aromatic rings. The summed E-state index contributed by atoms with van der Waals surface area (Å²) in [7, 11) is 1.64. The summed E-state index contributed by atoms with van der Waals surface area (Å²) in [6.45, 7) is 4.71. The number of carbonyl (C=O) groups excluding carboxylic acids is 1. The summed E-state index contributed by atoms with van der Waals surface area (Å²) in [5, 5.41) is 8.57. The van der Waals surface area contributed by atoms with Crippen LogP contribution in [0.3, 0.4) is 0 Å². The van der Waals surface area contributed by atoms with Crippen LogP contribution in [-0.2, 0) is 11.3 Å². The van der Waals surface area contributed by atoms with Crippen LogP contribution in [0, 0.1) is 0 Å². The molecule has 1 rings (SSSR count). The molecule has 3 N–H and O–H groups in total. The van der Waals surface area contributed by atoms with Crippen molar-refractivity contribution in [2.75, 3.05) is 20.1 Å². The molecular weight excluding hydrogens is 232 g/mol. The first-order valence-electron chi connectivity index (χ1n) is 5.60. The fourth-order valence-corrected chi connectivity index (χ4v) is 1.21. The largest absolute Gasteiger partial charge is 0.467 e. The molecule has 0 saturated heterocycles. The van der Waals surface area contributed by atoms with Crippen LogP contribution in [0.2, 0.25) is 0 Å². The van der Waals surface area contributed by atoms with Crippen molar-refractivity contribution in [3.63, 3.8) is 0 Å². The predicted octanol–water partition coefficient (Wildman–Crippen LogP) is 0.247. The van der Waals surface area contributed by atoms with Crippen molar-refractivity contribution in [2.45, 2.75) is 6.54 Å². The van der Waals surface area contributed by atoms with E-state index in [0.29, 0.717) is 19.0 Å². The molecule has 0 saturated carbocycles. The molecule has 0 fully saturated rings. The van der Waals surface area contributed by atoms with E-state index in [1.165, 1.54) is 0 Å². The molecule has 98 valence electrons. The summed E-state index contributed by atoms with van der Waals surface area (Å²) >= 11 is 0. The lowest BCUT2D eigenvalue weighted by Crippen LogP contribution is -2.43. The van der Waals surface area contributed by atoms with Gasteiger partial charge in [0.25, 0.3) is 0 Å². The highest BCUT2D eigenvalue weighted by Crippen LogP contribution is 1.97. The normalized spacial score (nSPS) is 10.8. The molecule has 0 atom stereocenters. The molecule has 1 heterocycles. The molecule has 0 unspecified atom stereocenters. The van der Waals surface area contributed by atoms with E-state index in [-0.39, 0.29) is 12.5 Å². The fourth-order valence-electron chi connectivity index (χ4n) is 1.21. The lowest BCUT2D eigenvalue weighted by molar-refractivity contribution is -0.120. The fraction of sp³-hybridized carbons (Fsp3) is 0.333. The van der Waals surface area contributed by atoms with Gasteiger partial charge in [0.05, 0.1) is 19.4 Å². The van der Waals surface area contributed by atoms with Crippen molar-refractivity contribution in [3.8, 4) is 0 Å². The van der Waals surface area contributed by atoms with E-state index >= 15 is 0 Å². The zero-order valence-corrected chi connectivity index (χ0v) is 10.4. The first-order chi connectivity index (χ1) is 8.76. The van der Waals surface area contributed by atoms with E-state index < -0.39 is 0 Å². The van der Waals surface area contributed by atoms with Gasteiger partial charge in [-0.05, 0) is 12.1 Å². The van der Waals surface area contributed by atoms with Crippen molar-refractivity contribution >= 4 is 11.9 Å². The van der Waals surface area contributed by atoms with Crippen LogP contribution in [0.5, 0.6) is 0 Å². The average molecular weight is 250 g/mol. The molecular formula is C12H18N4O2. The summed E-state index contributed by atoms with van der Waals surface area (Å²) < 4.78 is 5.10. The Balaban J connectivity index is 2.21. The Bertz CT molecular complexity index is 398. The van der Waals surface area contributed by atoms with Crippen molar-refractivity contribution in [3.05, 3.63) is 36.8 Å². The number of furan rings is 1. The molecule has 1 aromatic heterocycles. The third-order valence-corrected chi connectivity index (χ3v) is 2.09. The van der Waals surface area contributed by atoms with Crippen molar-refractivity contribution in [1.29, 1.82) is 0 Å². The van der Waals surface area contributed by atoms with Crippen molar-refractivity contribution < 1.29 is 9.21 Å². The van der Waals surface area contributed by atoms with Gasteiger partial charge in [0.2, 0.25) is 5.91 Å². The molecule has 0 bridgehead atoms. The number of guanidine groups is 1. The molecule has 0 radical (unpaired) electrons. The Kier molecular flexibility index (Phi) is 6.10. The summed E-state index contributed by atoms with van der Waals surface area (Å²) in [6.07, 6.45) is 3.28. The van der Waals surface area contributed by atoms with Crippen molar-refractivity contribution in [1.82, 2.24) is 16.0 Å². The maximum Gasteiger partial charge on any atom is 0.239 e. The number of nitrogens with one attached hydrogen (secondary N) is 3. The Hall–Kier alpha value is -2.24. The highest BCUT2D eigenvalue weighted by Gasteiger charge is 2.03. The first-order valence-corrected chi connectivity index (χ1v) is 5.60. The van der Waals surface area contributed by atoms with E-state index in [9.17, 15) is 4.79 Å². The Labute approximate surface area is 106 Å². The topological polar surface area (TPSA) is 78.7 Å². The van der Waals surface area contributed by atoms with Gasteiger partial charge in [0.1, 0.15) is 5.76 Å². The van der Waals surface area contributed by atoms with Crippen LogP contribution in [0.4, 0.5) is 0 Å². The minimum atomic E-state index is -0.132. The van der Waals surface area contributed by atoms with Crippen LogP contribution < -0.4 is 16.0 Å². The standard InChI is InChI=1S/C12H18N4O2/c1-3-6-14-12(13-2)16-9-11(17)15-8-10-5-4-7-18-10/h3-5,7H,1,6,8-9H2,2H3,(H,15,17)(H2,13,14,16). The molecule has 6 nitrogen and oxygen atoms in total. The Morgan fingerprint density at radius 1 is 1.50 bits per heavy atom. The van der Waals surface area contributed by atoms with Gasteiger partial charge in [-0.3, -0.25) is 9.79 Å². The molecule has 1 amide bonds. The van der Waals surface area contributed by atoms with Gasteiger partial charge >= 0.3 is 0 Å². The number of amides is 1. The predicted molar refractivity (Wildman–Crippen MR) is 70.1 cm³/mol. The smallest absolute Gasteiger partial charge is 0.239 e. The van der Waals surface area contributed by atoms with Crippen LogP contribution in [-0.4, -0.2) is 32.0 Å². The van der Waals surface area contributed by atoms with Gasteiger partial charge in [-0.25, -0.2) is 0 Å². The number of hydrogen-bond donors (Lipinski definition) is 3. The van der Waals surface area contributed by atoms with E-state index in [2.05, 4.69) is 27.5 Å². The quantitative estimate of drug-likeness (QED) is 0.384. The summed E-state index contributed by atoms with van der Waals surface area (Å²) in [4.78, 5) is 15.5. The van der Waals surface area contributed by atoms with Crippen LogP contribution in [0.25, 0.3) is 0 Å². The van der Waals surface area contributed by atoms with E-state index in [1.807, 2.05) is 0 Å². The van der Waals surface area contributed by atoms with E-state index in [4.69, 9.17) is 4.42 Å². The molecule has 6 heteroatoms. The first kappa shape index (κ1) is 13.8. The highest BCUT2D eigenvalue weighted by molar-refractivity contribution is 5.86. The van der Waals surface area contributed by atoms with Crippen molar-refractivity contribution in [2.24, 2.45) is 4.99 Å². The van der Waals surface area contributed by atoms with Gasteiger partial charge in [-0.2, -0.15) is 0 Å². The third-order valence-electron chi connectivity index (χ3n) is 2.09. The monoisotopic (exact) mass is 250 g/mol. The van der Waals surface area contributed by atoms with Crippen LogP contribution >= 0.6 is 0 Å². The van der Waals surface area contributed by atoms with Gasteiger partial charge in [-0.1, -0.05) is 6.08 Å². The second kappa shape index (κ2) is 7.94. The second-order valence-corrected chi connectivity index (χ2v) is 3.45. The number of rotatable bonds is 6. The van der Waals surface area contributed by atoms with Gasteiger partial charge < -0.3 is 20.4 Å². The van der Waals surface area contributed by atoms with Gasteiger partial charge in [0, 0.05) is 13.6 Å². The molecule has 0 aliphatic heterocycles. The van der Waals surface area contributed by atoms with Crippen LogP contribution in [0.1, 0.15) is 5.76 Å².